The van der Waals surface area contributed by atoms with Crippen molar-refractivity contribution in [1.29, 1.82) is 0 Å². The predicted octanol–water partition coefficient (Wildman–Crippen LogP) is 3.57. The number of hydrogen-bond donors (Lipinski definition) is 1. The number of benzene rings is 1. The molecule has 1 aliphatic heterocycles. The normalized spacial score (nSPS) is 20.2. The first-order valence-corrected chi connectivity index (χ1v) is 7.97. The molecule has 1 saturated heterocycles. The summed E-state index contributed by atoms with van der Waals surface area (Å²) in [5.41, 5.74) is 8.93. The second-order valence-electron chi connectivity index (χ2n) is 6.96. The van der Waals surface area contributed by atoms with E-state index in [0.29, 0.717) is 6.61 Å². The van der Waals surface area contributed by atoms with E-state index in [0.717, 1.165) is 31.6 Å². The van der Waals surface area contributed by atoms with Crippen molar-refractivity contribution >= 4 is 0 Å². The first-order chi connectivity index (χ1) is 9.89. The van der Waals surface area contributed by atoms with Gasteiger partial charge in [0.15, 0.2) is 0 Å². The molecule has 0 saturated carbocycles. The Balaban J connectivity index is 2.22. The van der Waals surface area contributed by atoms with Gasteiger partial charge in [-0.1, -0.05) is 45.0 Å². The molecule has 0 aliphatic carbocycles. The van der Waals surface area contributed by atoms with Crippen LogP contribution in [0.2, 0.25) is 0 Å². The Bertz CT molecular complexity index is 436. The van der Waals surface area contributed by atoms with Crippen molar-refractivity contribution in [3.8, 4) is 0 Å². The van der Waals surface area contributed by atoms with Crippen LogP contribution < -0.4 is 5.73 Å². The Morgan fingerprint density at radius 1 is 1.19 bits per heavy atom. The lowest BCUT2D eigenvalue weighted by Gasteiger charge is -2.41. The maximum absolute atomic E-state index is 6.57. The first-order valence-electron chi connectivity index (χ1n) is 7.97. The molecule has 21 heavy (non-hydrogen) atoms. The van der Waals surface area contributed by atoms with E-state index < -0.39 is 0 Å². The molecule has 0 amide bonds. The van der Waals surface area contributed by atoms with E-state index in [9.17, 15) is 0 Å². The van der Waals surface area contributed by atoms with Crippen molar-refractivity contribution in [2.75, 3.05) is 19.8 Å². The summed E-state index contributed by atoms with van der Waals surface area (Å²) >= 11 is 0. The Labute approximate surface area is 128 Å². The third-order valence-electron chi connectivity index (χ3n) is 4.47. The van der Waals surface area contributed by atoms with Crippen LogP contribution in [0.25, 0.3) is 0 Å². The lowest BCUT2D eigenvalue weighted by Crippen LogP contribution is -2.48. The molecule has 2 N–H and O–H groups in total. The number of ether oxygens (including phenoxy) is 2. The maximum atomic E-state index is 6.57. The molecule has 1 atom stereocenters. The molecule has 0 radical (unpaired) electrons. The minimum Gasteiger partial charge on any atom is -0.381 e. The molecule has 0 aromatic heterocycles. The van der Waals surface area contributed by atoms with Crippen molar-refractivity contribution in [2.45, 2.75) is 57.6 Å². The van der Waals surface area contributed by atoms with Gasteiger partial charge in [0.1, 0.15) is 0 Å². The summed E-state index contributed by atoms with van der Waals surface area (Å²) in [6, 6.07) is 8.58. The van der Waals surface area contributed by atoms with E-state index in [4.69, 9.17) is 15.2 Å². The highest BCUT2D eigenvalue weighted by Gasteiger charge is 2.40. The standard InChI is InChI=1S/C18H29NO2/c1-5-21-18(10-12-20-13-11-18)16(19)14-6-8-15(9-7-14)17(2,3)4/h6-9,16H,5,10-13,19H2,1-4H3. The van der Waals surface area contributed by atoms with E-state index in [2.05, 4.69) is 45.0 Å². The lowest BCUT2D eigenvalue weighted by molar-refractivity contribution is -0.121. The van der Waals surface area contributed by atoms with E-state index in [1.54, 1.807) is 0 Å². The molecule has 3 heteroatoms. The summed E-state index contributed by atoms with van der Waals surface area (Å²) in [6.07, 6.45) is 1.73. The van der Waals surface area contributed by atoms with Gasteiger partial charge >= 0.3 is 0 Å². The van der Waals surface area contributed by atoms with Crippen molar-refractivity contribution in [3.63, 3.8) is 0 Å². The molecule has 1 aliphatic rings. The summed E-state index contributed by atoms with van der Waals surface area (Å²) in [7, 11) is 0. The highest BCUT2D eigenvalue weighted by atomic mass is 16.5. The van der Waals surface area contributed by atoms with Crippen LogP contribution in [-0.4, -0.2) is 25.4 Å². The van der Waals surface area contributed by atoms with Crippen LogP contribution in [0.1, 0.15) is 57.7 Å². The van der Waals surface area contributed by atoms with Gasteiger partial charge < -0.3 is 15.2 Å². The molecule has 1 unspecified atom stereocenters. The molecule has 2 rings (SSSR count). The molecule has 1 heterocycles. The monoisotopic (exact) mass is 291 g/mol. The number of nitrogens with two attached hydrogens (primary N) is 1. The largest absolute Gasteiger partial charge is 0.381 e. The van der Waals surface area contributed by atoms with Crippen LogP contribution in [0.3, 0.4) is 0 Å². The van der Waals surface area contributed by atoms with Gasteiger partial charge in [-0.2, -0.15) is 0 Å². The zero-order valence-corrected chi connectivity index (χ0v) is 13.8. The van der Waals surface area contributed by atoms with Crippen LogP contribution in [0, 0.1) is 0 Å². The average molecular weight is 291 g/mol. The van der Waals surface area contributed by atoms with E-state index in [1.807, 2.05) is 6.92 Å². The van der Waals surface area contributed by atoms with E-state index in [1.165, 1.54) is 5.56 Å². The molecule has 1 aromatic rings. The molecule has 1 fully saturated rings. The van der Waals surface area contributed by atoms with Gasteiger partial charge in [0.05, 0.1) is 11.6 Å². The molecule has 118 valence electrons. The van der Waals surface area contributed by atoms with Crippen LogP contribution in [0.15, 0.2) is 24.3 Å². The quantitative estimate of drug-likeness (QED) is 0.922. The van der Waals surface area contributed by atoms with Gasteiger partial charge in [0, 0.05) is 32.7 Å². The van der Waals surface area contributed by atoms with Crippen molar-refractivity contribution in [1.82, 2.24) is 0 Å². The third-order valence-corrected chi connectivity index (χ3v) is 4.47. The fourth-order valence-corrected chi connectivity index (χ4v) is 3.04. The van der Waals surface area contributed by atoms with Crippen LogP contribution in [0.4, 0.5) is 0 Å². The summed E-state index contributed by atoms with van der Waals surface area (Å²) < 4.78 is 11.6. The second-order valence-corrected chi connectivity index (χ2v) is 6.96. The zero-order chi connectivity index (χ0) is 15.5. The minimum atomic E-state index is -0.281. The Kier molecular flexibility index (Phi) is 5.07. The second kappa shape index (κ2) is 6.47. The van der Waals surface area contributed by atoms with Gasteiger partial charge in [-0.3, -0.25) is 0 Å². The smallest absolute Gasteiger partial charge is 0.0917 e. The van der Waals surface area contributed by atoms with Gasteiger partial charge in [-0.15, -0.1) is 0 Å². The summed E-state index contributed by atoms with van der Waals surface area (Å²) in [5, 5.41) is 0. The summed E-state index contributed by atoms with van der Waals surface area (Å²) in [6.45, 7) is 10.9. The van der Waals surface area contributed by atoms with E-state index in [-0.39, 0.29) is 17.1 Å². The summed E-state index contributed by atoms with van der Waals surface area (Å²) in [4.78, 5) is 0. The van der Waals surface area contributed by atoms with Gasteiger partial charge in [0.2, 0.25) is 0 Å². The van der Waals surface area contributed by atoms with Crippen LogP contribution >= 0.6 is 0 Å². The summed E-state index contributed by atoms with van der Waals surface area (Å²) in [5.74, 6) is 0. The highest BCUT2D eigenvalue weighted by molar-refractivity contribution is 5.30. The first kappa shape index (κ1) is 16.5. The van der Waals surface area contributed by atoms with Gasteiger partial charge in [0.25, 0.3) is 0 Å². The third kappa shape index (κ3) is 3.65. The topological polar surface area (TPSA) is 44.5 Å². The van der Waals surface area contributed by atoms with Crippen molar-refractivity contribution in [2.24, 2.45) is 5.73 Å². The molecule has 1 aromatic carbocycles. The Morgan fingerprint density at radius 2 is 1.76 bits per heavy atom. The molecular formula is C18H29NO2. The lowest BCUT2D eigenvalue weighted by atomic mass is 9.81. The fourth-order valence-electron chi connectivity index (χ4n) is 3.04. The van der Waals surface area contributed by atoms with E-state index >= 15 is 0 Å². The van der Waals surface area contributed by atoms with Crippen LogP contribution in [0.5, 0.6) is 0 Å². The van der Waals surface area contributed by atoms with Gasteiger partial charge in [-0.05, 0) is 23.5 Å². The fraction of sp³-hybridized carbons (Fsp3) is 0.667. The SMILES string of the molecule is CCOC1(C(N)c2ccc(C(C)(C)C)cc2)CCOCC1. The average Bonchev–Trinajstić information content (AvgIpc) is 2.47. The van der Waals surface area contributed by atoms with Crippen molar-refractivity contribution < 1.29 is 9.47 Å². The number of rotatable bonds is 4. The van der Waals surface area contributed by atoms with Crippen molar-refractivity contribution in [3.05, 3.63) is 35.4 Å². The van der Waals surface area contributed by atoms with Gasteiger partial charge in [-0.25, -0.2) is 0 Å². The maximum Gasteiger partial charge on any atom is 0.0917 e. The highest BCUT2D eigenvalue weighted by Crippen LogP contribution is 2.36. The predicted molar refractivity (Wildman–Crippen MR) is 86.5 cm³/mol. The molecular weight excluding hydrogens is 262 g/mol. The molecule has 0 spiro atoms. The molecule has 3 nitrogen and oxygen atoms in total. The number of hydrogen-bond acceptors (Lipinski definition) is 3. The molecule has 0 bridgehead atoms. The Morgan fingerprint density at radius 3 is 2.24 bits per heavy atom. The minimum absolute atomic E-state index is 0.102. The van der Waals surface area contributed by atoms with Crippen LogP contribution in [-0.2, 0) is 14.9 Å². The zero-order valence-electron chi connectivity index (χ0n) is 13.8. The Hall–Kier alpha value is -0.900.